The van der Waals surface area contributed by atoms with Crippen molar-refractivity contribution in [2.45, 2.75) is 24.2 Å². The third kappa shape index (κ3) is 4.91. The van der Waals surface area contributed by atoms with Crippen molar-refractivity contribution >= 4 is 37.6 Å². The van der Waals surface area contributed by atoms with E-state index >= 15 is 0 Å². The Labute approximate surface area is 170 Å². The van der Waals surface area contributed by atoms with E-state index in [1.54, 1.807) is 0 Å². The Balaban J connectivity index is 2.68. The molecule has 0 aliphatic heterocycles. The third-order valence-electron chi connectivity index (χ3n) is 3.77. The first kappa shape index (κ1) is 22.8. The van der Waals surface area contributed by atoms with Gasteiger partial charge in [-0.05, 0) is 24.3 Å². The van der Waals surface area contributed by atoms with Gasteiger partial charge in [-0.2, -0.15) is 26.3 Å². The molecule has 2 unspecified atom stereocenters. The summed E-state index contributed by atoms with van der Waals surface area (Å²) in [4.78, 5) is 12.4. The molecule has 2 rings (SSSR count). The fourth-order valence-corrected chi connectivity index (χ4v) is 3.29. The lowest BCUT2D eigenvalue weighted by atomic mass is 9.82. The maximum absolute atomic E-state index is 14.0. The van der Waals surface area contributed by atoms with Crippen molar-refractivity contribution in [2.75, 3.05) is 0 Å². The molecule has 0 bridgehead atoms. The largest absolute Gasteiger partial charge is 0.402 e. The average Bonchev–Trinajstić information content (AvgIpc) is 2.50. The Hall–Kier alpha value is -1.49. The van der Waals surface area contributed by atoms with Crippen molar-refractivity contribution in [3.8, 4) is 0 Å². The summed E-state index contributed by atoms with van der Waals surface area (Å²) in [7, 11) is 0. The number of rotatable bonds is 4. The van der Waals surface area contributed by atoms with Gasteiger partial charge in [0.25, 0.3) is 0 Å². The third-order valence-corrected chi connectivity index (χ3v) is 4.76. The maximum atomic E-state index is 14.0. The molecule has 0 aliphatic carbocycles. The quantitative estimate of drug-likeness (QED) is 0.380. The molecule has 152 valence electrons. The van der Waals surface area contributed by atoms with Crippen LogP contribution in [0.3, 0.4) is 0 Å². The molecule has 28 heavy (non-hydrogen) atoms. The minimum atomic E-state index is -5.54. The highest BCUT2D eigenvalue weighted by molar-refractivity contribution is 9.10. The van der Waals surface area contributed by atoms with Crippen molar-refractivity contribution in [3.05, 3.63) is 68.1 Å². The van der Waals surface area contributed by atoms with Crippen LogP contribution in [0.1, 0.15) is 23.0 Å². The molecule has 0 saturated carbocycles. The lowest BCUT2D eigenvalue weighted by Crippen LogP contribution is -2.39. The van der Waals surface area contributed by atoms with E-state index in [0.717, 1.165) is 12.1 Å². The molecule has 11 heteroatoms. The van der Waals surface area contributed by atoms with Crippen LogP contribution in [0.25, 0.3) is 0 Å². The molecule has 0 N–H and O–H groups in total. The molecule has 2 aromatic carbocycles. The van der Waals surface area contributed by atoms with Gasteiger partial charge >= 0.3 is 12.4 Å². The van der Waals surface area contributed by atoms with Crippen LogP contribution in [0.4, 0.5) is 35.1 Å². The van der Waals surface area contributed by atoms with Gasteiger partial charge in [0, 0.05) is 20.1 Å². The summed E-state index contributed by atoms with van der Waals surface area (Å²) >= 11 is 5.61. The van der Waals surface area contributed by atoms with Gasteiger partial charge in [0.1, 0.15) is 23.5 Å². The zero-order chi connectivity index (χ0) is 21.4. The molecule has 0 saturated heterocycles. The van der Waals surface area contributed by atoms with Crippen LogP contribution >= 0.6 is 31.9 Å². The molecular weight excluding hydrogens is 532 g/mol. The van der Waals surface area contributed by atoms with Gasteiger partial charge in [-0.25, -0.2) is 8.78 Å². The van der Waals surface area contributed by atoms with Crippen molar-refractivity contribution in [3.63, 3.8) is 0 Å². The summed E-state index contributed by atoms with van der Waals surface area (Å²) in [6.07, 6.45) is -11.1. The fraction of sp³-hybridized carbons (Fsp3) is 0.235. The highest BCUT2D eigenvalue weighted by Gasteiger charge is 2.56. The SMILES string of the molecule is O=C(C(c1ccc(Br)cc1F)C(F)(F)F)C(c1ccc(Br)cc1F)C(F)(F)F. The summed E-state index contributed by atoms with van der Waals surface area (Å²) in [6.45, 7) is 0. The van der Waals surface area contributed by atoms with Crippen LogP contribution in [0.15, 0.2) is 45.3 Å². The summed E-state index contributed by atoms with van der Waals surface area (Å²) in [5.41, 5.74) is -2.57. The molecule has 0 aliphatic rings. The number of benzene rings is 2. The predicted octanol–water partition coefficient (Wildman–Crippen LogP) is 7.05. The van der Waals surface area contributed by atoms with Crippen LogP contribution in [-0.2, 0) is 4.79 Å². The van der Waals surface area contributed by atoms with Crippen molar-refractivity contribution < 1.29 is 39.9 Å². The standard InChI is InChI=1S/C17H8Br2F8O/c18-7-1-3-9(11(20)5-7)13(16(22,23)24)15(28)14(17(25,26)27)10-4-2-8(19)6-12(10)21/h1-6,13-14H. The first-order chi connectivity index (χ1) is 12.7. The summed E-state index contributed by atoms with van der Waals surface area (Å²) in [5, 5.41) is 0. The van der Waals surface area contributed by atoms with Gasteiger partial charge in [-0.15, -0.1) is 0 Å². The van der Waals surface area contributed by atoms with Gasteiger partial charge in [0.2, 0.25) is 0 Å². The number of alkyl halides is 6. The number of ketones is 1. The maximum Gasteiger partial charge on any atom is 0.402 e. The Morgan fingerprint density at radius 3 is 1.29 bits per heavy atom. The molecule has 0 amide bonds. The highest BCUT2D eigenvalue weighted by atomic mass is 79.9. The van der Waals surface area contributed by atoms with E-state index in [1.807, 2.05) is 0 Å². The van der Waals surface area contributed by atoms with E-state index in [4.69, 9.17) is 0 Å². The summed E-state index contributed by atoms with van der Waals surface area (Å²) < 4.78 is 109. The number of carbonyl (C=O) groups excluding carboxylic acids is 1. The molecule has 0 radical (unpaired) electrons. The first-order valence-electron chi connectivity index (χ1n) is 7.30. The Morgan fingerprint density at radius 1 is 0.714 bits per heavy atom. The number of halogens is 10. The Bertz CT molecular complexity index is 820. The van der Waals surface area contributed by atoms with Crippen LogP contribution in [0.5, 0.6) is 0 Å². The van der Waals surface area contributed by atoms with Crippen LogP contribution in [0.2, 0.25) is 0 Å². The minimum absolute atomic E-state index is 0.0217. The number of hydrogen-bond acceptors (Lipinski definition) is 1. The molecule has 0 heterocycles. The van der Waals surface area contributed by atoms with Gasteiger partial charge in [-0.1, -0.05) is 44.0 Å². The normalized spacial score (nSPS) is 14.6. The number of hydrogen-bond donors (Lipinski definition) is 0. The summed E-state index contributed by atoms with van der Waals surface area (Å²) in [6, 6.07) is 4.19. The number of carbonyl (C=O) groups is 1. The zero-order valence-electron chi connectivity index (χ0n) is 13.3. The molecule has 0 aromatic heterocycles. The lowest BCUT2D eigenvalue weighted by molar-refractivity contribution is -0.184. The summed E-state index contributed by atoms with van der Waals surface area (Å²) in [5.74, 6) is -12.3. The molecule has 1 nitrogen and oxygen atoms in total. The van der Waals surface area contributed by atoms with Gasteiger partial charge in [-0.3, -0.25) is 4.79 Å². The number of Topliss-reactive ketones (excluding diaryl/α,β-unsaturated/α-hetero) is 1. The Morgan fingerprint density at radius 2 is 1.04 bits per heavy atom. The lowest BCUT2D eigenvalue weighted by Gasteiger charge is -2.27. The van der Waals surface area contributed by atoms with Gasteiger partial charge in [0.05, 0.1) is 0 Å². The van der Waals surface area contributed by atoms with Crippen LogP contribution in [-0.4, -0.2) is 18.1 Å². The first-order valence-corrected chi connectivity index (χ1v) is 8.89. The minimum Gasteiger partial charge on any atom is -0.298 e. The van der Waals surface area contributed by atoms with E-state index < -0.39 is 52.7 Å². The van der Waals surface area contributed by atoms with E-state index in [0.29, 0.717) is 24.3 Å². The zero-order valence-corrected chi connectivity index (χ0v) is 16.5. The smallest absolute Gasteiger partial charge is 0.298 e. The van der Waals surface area contributed by atoms with Crippen LogP contribution < -0.4 is 0 Å². The topological polar surface area (TPSA) is 17.1 Å². The van der Waals surface area contributed by atoms with E-state index in [-0.39, 0.29) is 8.95 Å². The predicted molar refractivity (Wildman–Crippen MR) is 90.8 cm³/mol. The molecule has 0 fully saturated rings. The average molecular weight is 540 g/mol. The van der Waals surface area contributed by atoms with Gasteiger partial charge in [0.15, 0.2) is 5.78 Å². The molecule has 2 atom stereocenters. The highest BCUT2D eigenvalue weighted by Crippen LogP contribution is 2.46. The van der Waals surface area contributed by atoms with Crippen molar-refractivity contribution in [1.29, 1.82) is 0 Å². The molecule has 0 spiro atoms. The second kappa shape index (κ2) is 8.10. The van der Waals surface area contributed by atoms with Crippen molar-refractivity contribution in [1.82, 2.24) is 0 Å². The van der Waals surface area contributed by atoms with E-state index in [9.17, 15) is 39.9 Å². The second-order valence-electron chi connectivity index (χ2n) is 5.68. The van der Waals surface area contributed by atoms with Gasteiger partial charge < -0.3 is 0 Å². The molecular formula is C17H8Br2F8O. The van der Waals surface area contributed by atoms with Crippen molar-refractivity contribution in [2.24, 2.45) is 0 Å². The second-order valence-corrected chi connectivity index (χ2v) is 7.51. The molecule has 2 aromatic rings. The monoisotopic (exact) mass is 538 g/mol. The Kier molecular flexibility index (Phi) is 6.59. The van der Waals surface area contributed by atoms with Crippen LogP contribution in [0, 0.1) is 11.6 Å². The van der Waals surface area contributed by atoms with E-state index in [1.165, 1.54) is 0 Å². The fourth-order valence-electron chi connectivity index (χ4n) is 2.62. The van der Waals surface area contributed by atoms with E-state index in [2.05, 4.69) is 31.9 Å².